The van der Waals surface area contributed by atoms with Crippen LogP contribution in [0.25, 0.3) is 0 Å². The van der Waals surface area contributed by atoms with E-state index in [0.29, 0.717) is 54.1 Å². The number of hydrogen-bond acceptors (Lipinski definition) is 3. The van der Waals surface area contributed by atoms with Crippen LogP contribution in [0, 0.1) is 46.3 Å². The van der Waals surface area contributed by atoms with Crippen molar-refractivity contribution in [1.29, 1.82) is 0 Å². The molecule has 0 spiro atoms. The molecule has 0 aromatic heterocycles. The minimum Gasteiger partial charge on any atom is -0.481 e. The molecule has 0 aliphatic heterocycles. The van der Waals surface area contributed by atoms with Gasteiger partial charge in [-0.05, 0) is 92.3 Å². The Morgan fingerprint density at radius 3 is 2.61 bits per heavy atom. The van der Waals surface area contributed by atoms with Gasteiger partial charge in [-0.2, -0.15) is 0 Å². The number of aliphatic hydroxyl groups excluding tert-OH is 1. The molecule has 4 aliphatic carbocycles. The molecule has 158 valence electrons. The number of rotatable bonds is 4. The van der Waals surface area contributed by atoms with E-state index < -0.39 is 5.97 Å². The minimum absolute atomic E-state index is 0.148. The predicted molar refractivity (Wildman–Crippen MR) is 108 cm³/mol. The molecule has 0 aromatic rings. The van der Waals surface area contributed by atoms with Gasteiger partial charge in [0.25, 0.3) is 0 Å². The van der Waals surface area contributed by atoms with Crippen molar-refractivity contribution < 1.29 is 19.8 Å². The number of aliphatic carboxylic acids is 1. The average Bonchev–Trinajstić information content (AvgIpc) is 3.00. The summed E-state index contributed by atoms with van der Waals surface area (Å²) in [6.07, 6.45) is 8.96. The second-order valence-electron chi connectivity index (χ2n) is 11.1. The monoisotopic (exact) mass is 390 g/mol. The number of hydrogen-bond donors (Lipinski definition) is 2. The normalized spacial score (nSPS) is 49.1. The highest BCUT2D eigenvalue weighted by Gasteiger charge is 2.63. The topological polar surface area (TPSA) is 74.6 Å². The van der Waals surface area contributed by atoms with Gasteiger partial charge in [-0.15, -0.1) is 0 Å². The third kappa shape index (κ3) is 2.97. The summed E-state index contributed by atoms with van der Waals surface area (Å²) in [4.78, 5) is 24.7. The molecule has 0 unspecified atom stereocenters. The molecule has 4 aliphatic rings. The molecule has 4 heteroatoms. The van der Waals surface area contributed by atoms with Gasteiger partial charge in [-0.25, -0.2) is 0 Å². The highest BCUT2D eigenvalue weighted by molar-refractivity contribution is 5.87. The molecule has 0 saturated heterocycles. The molecule has 0 bridgehead atoms. The van der Waals surface area contributed by atoms with Crippen molar-refractivity contribution in [2.24, 2.45) is 46.3 Å². The van der Waals surface area contributed by atoms with E-state index in [1.165, 1.54) is 12.8 Å². The third-order valence-electron chi connectivity index (χ3n) is 10.1. The van der Waals surface area contributed by atoms with E-state index in [2.05, 4.69) is 20.8 Å². The standard InChI is InChI=1S/C24H38O4/c1-14(4-9-22(27)28)18-7-8-19-17-6-5-15-12-16(25)10-11-23(15,2)20(17)13-21(26)24(18,19)3/h14-20,25H,4-13H2,1-3H3,(H,27,28)/t14-,15-,16-,17+,18+,19-,20+,23+,24-/m1/s1. The van der Waals surface area contributed by atoms with Crippen LogP contribution in [0.15, 0.2) is 0 Å². The Morgan fingerprint density at radius 1 is 1.14 bits per heavy atom. The Kier molecular flexibility index (Phi) is 5.17. The van der Waals surface area contributed by atoms with E-state index in [1.807, 2.05) is 0 Å². The molecule has 4 saturated carbocycles. The number of carboxylic acid groups (broad SMARTS) is 1. The molecule has 2 N–H and O–H groups in total. The summed E-state index contributed by atoms with van der Waals surface area (Å²) in [6.45, 7) is 6.81. The van der Waals surface area contributed by atoms with Crippen molar-refractivity contribution in [3.8, 4) is 0 Å². The maximum atomic E-state index is 13.6. The van der Waals surface area contributed by atoms with Gasteiger partial charge >= 0.3 is 5.97 Å². The molecule has 4 fully saturated rings. The summed E-state index contributed by atoms with van der Waals surface area (Å²) in [7, 11) is 0. The first-order chi connectivity index (χ1) is 13.2. The molecule has 4 rings (SSSR count). The van der Waals surface area contributed by atoms with E-state index in [0.717, 1.165) is 32.1 Å². The lowest BCUT2D eigenvalue weighted by molar-refractivity contribution is -0.160. The minimum atomic E-state index is -0.729. The first-order valence-electron chi connectivity index (χ1n) is 11.6. The number of aliphatic hydroxyl groups is 1. The summed E-state index contributed by atoms with van der Waals surface area (Å²) >= 11 is 0. The number of Topliss-reactive ketones (excluding diaryl/α,β-unsaturated/α-hetero) is 1. The smallest absolute Gasteiger partial charge is 0.303 e. The maximum absolute atomic E-state index is 13.6. The third-order valence-corrected chi connectivity index (χ3v) is 10.1. The Bertz CT molecular complexity index is 645. The Hall–Kier alpha value is -0.900. The van der Waals surface area contributed by atoms with E-state index in [-0.39, 0.29) is 23.4 Å². The fourth-order valence-corrected chi connectivity index (χ4v) is 8.44. The molecule has 0 radical (unpaired) electrons. The van der Waals surface area contributed by atoms with Crippen LogP contribution in [-0.2, 0) is 9.59 Å². The van der Waals surface area contributed by atoms with Crippen molar-refractivity contribution in [3.63, 3.8) is 0 Å². The van der Waals surface area contributed by atoms with Crippen LogP contribution in [0.5, 0.6) is 0 Å². The van der Waals surface area contributed by atoms with Gasteiger partial charge < -0.3 is 10.2 Å². The SMILES string of the molecule is C[C@H](CCC(=O)O)[C@@H]1CC[C@@H]2[C@@H]3CC[C@@H]4C[C@H](O)CC[C@]4(C)[C@H]3CC(=O)[C@@]21C. The molecule has 28 heavy (non-hydrogen) atoms. The van der Waals surface area contributed by atoms with Crippen molar-refractivity contribution >= 4 is 11.8 Å². The zero-order valence-electron chi connectivity index (χ0n) is 17.8. The van der Waals surface area contributed by atoms with Crippen LogP contribution < -0.4 is 0 Å². The largest absolute Gasteiger partial charge is 0.481 e. The Morgan fingerprint density at radius 2 is 1.89 bits per heavy atom. The average molecular weight is 391 g/mol. The predicted octanol–water partition coefficient (Wildman–Crippen LogP) is 4.69. The zero-order chi connectivity index (χ0) is 20.3. The van der Waals surface area contributed by atoms with Gasteiger partial charge in [-0.3, -0.25) is 9.59 Å². The van der Waals surface area contributed by atoms with Crippen LogP contribution >= 0.6 is 0 Å². The number of carboxylic acids is 1. The summed E-state index contributed by atoms with van der Waals surface area (Å²) in [6, 6.07) is 0. The van der Waals surface area contributed by atoms with Crippen LogP contribution in [0.1, 0.15) is 85.0 Å². The van der Waals surface area contributed by atoms with E-state index >= 15 is 0 Å². The number of carbonyl (C=O) groups is 2. The molecular formula is C24H38O4. The Balaban J connectivity index is 1.57. The number of fused-ring (bicyclic) bond motifs is 5. The van der Waals surface area contributed by atoms with Crippen molar-refractivity contribution in [3.05, 3.63) is 0 Å². The second-order valence-corrected chi connectivity index (χ2v) is 11.1. The molecule has 0 heterocycles. The van der Waals surface area contributed by atoms with Gasteiger partial charge in [0.2, 0.25) is 0 Å². The fourth-order valence-electron chi connectivity index (χ4n) is 8.44. The highest BCUT2D eigenvalue weighted by atomic mass is 16.4. The summed E-state index contributed by atoms with van der Waals surface area (Å²) in [5.74, 6) is 2.52. The van der Waals surface area contributed by atoms with Crippen molar-refractivity contribution in [1.82, 2.24) is 0 Å². The highest BCUT2D eigenvalue weighted by Crippen LogP contribution is 2.67. The first-order valence-corrected chi connectivity index (χ1v) is 11.6. The summed E-state index contributed by atoms with van der Waals surface area (Å²) in [5.41, 5.74) is -0.0391. The van der Waals surface area contributed by atoms with Crippen LogP contribution in [0.2, 0.25) is 0 Å². The van der Waals surface area contributed by atoms with Crippen LogP contribution in [0.4, 0.5) is 0 Å². The van der Waals surface area contributed by atoms with Crippen molar-refractivity contribution in [2.45, 2.75) is 91.1 Å². The van der Waals surface area contributed by atoms with Crippen LogP contribution in [-0.4, -0.2) is 28.1 Å². The maximum Gasteiger partial charge on any atom is 0.303 e. The van der Waals surface area contributed by atoms with Gasteiger partial charge in [0.05, 0.1) is 6.10 Å². The van der Waals surface area contributed by atoms with Crippen molar-refractivity contribution in [2.75, 3.05) is 0 Å². The van der Waals surface area contributed by atoms with E-state index in [4.69, 9.17) is 5.11 Å². The lowest BCUT2D eigenvalue weighted by Gasteiger charge is -2.60. The van der Waals surface area contributed by atoms with Gasteiger partial charge in [0, 0.05) is 18.3 Å². The lowest BCUT2D eigenvalue weighted by Crippen LogP contribution is -2.57. The summed E-state index contributed by atoms with van der Waals surface area (Å²) < 4.78 is 0. The van der Waals surface area contributed by atoms with Gasteiger partial charge in [0.1, 0.15) is 5.78 Å². The fraction of sp³-hybridized carbons (Fsp3) is 0.917. The number of carbonyl (C=O) groups excluding carboxylic acids is 1. The zero-order valence-corrected chi connectivity index (χ0v) is 17.8. The summed E-state index contributed by atoms with van der Waals surface area (Å²) in [5, 5.41) is 19.3. The molecule has 9 atom stereocenters. The quantitative estimate of drug-likeness (QED) is 0.730. The molecular weight excluding hydrogens is 352 g/mol. The molecule has 0 amide bonds. The second kappa shape index (κ2) is 7.11. The number of ketones is 1. The van der Waals surface area contributed by atoms with Crippen LogP contribution in [0.3, 0.4) is 0 Å². The van der Waals surface area contributed by atoms with E-state index in [1.54, 1.807) is 0 Å². The van der Waals surface area contributed by atoms with Gasteiger partial charge in [0.15, 0.2) is 0 Å². The van der Waals surface area contributed by atoms with E-state index in [9.17, 15) is 14.7 Å². The lowest BCUT2D eigenvalue weighted by atomic mass is 9.44. The Labute approximate surface area is 169 Å². The first kappa shape index (κ1) is 20.4. The molecule has 4 nitrogen and oxygen atoms in total. The molecule has 0 aromatic carbocycles. The van der Waals surface area contributed by atoms with Gasteiger partial charge in [-0.1, -0.05) is 20.8 Å².